The van der Waals surface area contributed by atoms with Crippen LogP contribution in [-0.2, 0) is 11.8 Å². The first-order valence-corrected chi connectivity index (χ1v) is 26.1. The van der Waals surface area contributed by atoms with Crippen molar-refractivity contribution in [2.24, 2.45) is 0 Å². The highest BCUT2D eigenvalue weighted by molar-refractivity contribution is 8.26. The molecule has 0 N–H and O–H groups in total. The van der Waals surface area contributed by atoms with E-state index in [1.807, 2.05) is 0 Å². The molecule has 2 atom stereocenters. The predicted octanol–water partition coefficient (Wildman–Crippen LogP) is 15.7. The van der Waals surface area contributed by atoms with Crippen LogP contribution in [0.15, 0.2) is 200 Å². The summed E-state index contributed by atoms with van der Waals surface area (Å²) in [5.41, 5.74) is 6.96. The molecule has 61 heavy (non-hydrogen) atoms. The summed E-state index contributed by atoms with van der Waals surface area (Å²) in [4.78, 5) is 5.10. The molecular formula is C54H33N2OP3S. The summed E-state index contributed by atoms with van der Waals surface area (Å²) in [6.45, 7) is 0. The molecule has 3 nitrogen and oxygen atoms in total. The summed E-state index contributed by atoms with van der Waals surface area (Å²) in [5, 5.41) is 16.8. The molecular weight excluding hydrogens is 818 g/mol. The van der Waals surface area contributed by atoms with E-state index in [-0.39, 0.29) is 0 Å². The molecule has 7 heteroatoms. The van der Waals surface area contributed by atoms with Crippen LogP contribution < -0.4 is 30.5 Å². The Morgan fingerprint density at radius 2 is 0.787 bits per heavy atom. The molecule has 11 aromatic rings. The van der Waals surface area contributed by atoms with Crippen molar-refractivity contribution in [1.29, 1.82) is 0 Å². The quantitative estimate of drug-likeness (QED) is 0.164. The number of benzene rings is 9. The van der Waals surface area contributed by atoms with Crippen LogP contribution in [0, 0.1) is 0 Å². The minimum Gasteiger partial charge on any atom is -0.456 e. The van der Waals surface area contributed by atoms with Crippen LogP contribution in [0.2, 0.25) is 0 Å². The lowest BCUT2D eigenvalue weighted by Crippen LogP contribution is -2.45. The Kier molecular flexibility index (Phi) is 7.09. The zero-order valence-electron chi connectivity index (χ0n) is 32.6. The molecule has 3 aliphatic heterocycles. The van der Waals surface area contributed by atoms with Gasteiger partial charge in [0.05, 0.1) is 39.4 Å². The molecule has 3 aliphatic rings. The second kappa shape index (κ2) is 12.6. The first-order chi connectivity index (χ1) is 30.2. The van der Waals surface area contributed by atoms with Gasteiger partial charge in [0.1, 0.15) is 11.5 Å². The Bertz CT molecular complexity index is 3480. The van der Waals surface area contributed by atoms with Crippen molar-refractivity contribution < 1.29 is 4.74 Å². The van der Waals surface area contributed by atoms with E-state index >= 15 is 0 Å². The second-order valence-electron chi connectivity index (χ2n) is 16.0. The number of hydrogen-bond donors (Lipinski definition) is 0. The van der Waals surface area contributed by atoms with Gasteiger partial charge in [-0.15, -0.1) is 0 Å². The third-order valence-corrected chi connectivity index (χ3v) is 22.9. The maximum absolute atomic E-state index is 7.71. The molecule has 0 fully saturated rings. The van der Waals surface area contributed by atoms with Crippen molar-refractivity contribution in [3.05, 3.63) is 200 Å². The fourth-order valence-corrected chi connectivity index (χ4v) is 21.5. The second-order valence-corrected chi connectivity index (χ2v) is 24.4. The summed E-state index contributed by atoms with van der Waals surface area (Å²) in [7, 11) is -1.88. The highest BCUT2D eigenvalue weighted by atomic mass is 32.4. The summed E-state index contributed by atoms with van der Waals surface area (Å²) in [5.74, 6) is 1.78. The number of rotatable bonds is 4. The lowest BCUT2D eigenvalue weighted by Gasteiger charge is -2.49. The van der Waals surface area contributed by atoms with Crippen molar-refractivity contribution in [3.8, 4) is 22.1 Å². The number of nitrogens with zero attached hydrogens (tertiary/aromatic N) is 2. The van der Waals surface area contributed by atoms with Crippen molar-refractivity contribution in [2.75, 3.05) is 9.80 Å². The van der Waals surface area contributed by atoms with Gasteiger partial charge in [0.2, 0.25) is 0 Å². The zero-order valence-corrected chi connectivity index (χ0v) is 36.1. The molecule has 2 aromatic heterocycles. The van der Waals surface area contributed by atoms with Crippen LogP contribution >= 0.6 is 21.1 Å². The Labute approximate surface area is 359 Å². The van der Waals surface area contributed by atoms with Gasteiger partial charge in [0, 0.05) is 47.9 Å². The van der Waals surface area contributed by atoms with Gasteiger partial charge < -0.3 is 14.5 Å². The van der Waals surface area contributed by atoms with Gasteiger partial charge in [-0.1, -0.05) is 179 Å². The van der Waals surface area contributed by atoms with E-state index < -0.39 is 21.1 Å². The van der Waals surface area contributed by atoms with Gasteiger partial charge in [-0.2, -0.15) is 0 Å². The first-order valence-electron chi connectivity index (χ1n) is 20.6. The normalized spacial score (nSPS) is 16.3. The van der Waals surface area contributed by atoms with Crippen LogP contribution in [0.5, 0.6) is 11.5 Å². The molecule has 0 saturated carbocycles. The maximum Gasteiger partial charge on any atom is 0.139 e. The lowest BCUT2D eigenvalue weighted by molar-refractivity contribution is 0.490. The largest absolute Gasteiger partial charge is 0.456 e. The summed E-state index contributed by atoms with van der Waals surface area (Å²) < 4.78 is 7.57. The van der Waals surface area contributed by atoms with Gasteiger partial charge in [0.15, 0.2) is 0 Å². The summed E-state index contributed by atoms with van der Waals surface area (Å²) >= 11 is 7.71. The number of anilines is 6. The number of ether oxygens (including phenoxy) is 1. The van der Waals surface area contributed by atoms with Gasteiger partial charge in [-0.3, -0.25) is 0 Å². The minimum absolute atomic E-state index is 0.890. The van der Waals surface area contributed by atoms with Gasteiger partial charge >= 0.3 is 0 Å². The van der Waals surface area contributed by atoms with Gasteiger partial charge in [-0.25, -0.2) is 0 Å². The van der Waals surface area contributed by atoms with E-state index in [2.05, 4.69) is 210 Å². The zero-order chi connectivity index (χ0) is 40.0. The van der Waals surface area contributed by atoms with Crippen LogP contribution in [-0.4, -0.2) is 0 Å². The molecule has 0 spiro atoms. The van der Waals surface area contributed by atoms with E-state index in [9.17, 15) is 0 Å². The van der Waals surface area contributed by atoms with E-state index in [0.717, 1.165) is 34.2 Å². The fraction of sp³-hybridized carbons (Fsp3) is 0. The first kappa shape index (κ1) is 34.4. The molecule has 2 unspecified atom stereocenters. The average Bonchev–Trinajstić information content (AvgIpc) is 3.83. The van der Waals surface area contributed by atoms with Crippen molar-refractivity contribution in [3.63, 3.8) is 0 Å². The number of hydrogen-bond acceptors (Lipinski definition) is 4. The smallest absolute Gasteiger partial charge is 0.139 e. The predicted molar refractivity (Wildman–Crippen MR) is 267 cm³/mol. The van der Waals surface area contributed by atoms with E-state index in [1.54, 1.807) is 0 Å². The van der Waals surface area contributed by atoms with Crippen molar-refractivity contribution in [1.82, 2.24) is 0 Å². The summed E-state index contributed by atoms with van der Waals surface area (Å²) in [6.07, 6.45) is 0. The van der Waals surface area contributed by atoms with Crippen molar-refractivity contribution in [2.45, 2.75) is 0 Å². The van der Waals surface area contributed by atoms with E-state index in [1.165, 1.54) is 79.9 Å². The molecule has 9 aromatic carbocycles. The SMILES string of the molecule is S=P12c3c4cccc3N(c3ccccc3)c3c1c(cc1c5ccccc5p(-c5ccccc5)c31)Oc1cc3c5ccccc5p(-c5ccccc5)c3c(c12)N4c1ccccc1. The standard InChI is InChI=1S/C54H33N2OP3S/c61-60-52-42-28-17-29-43(52)56(35-20-7-2-8-21-35)49-51-41(39-27-14-16-31-47(39)59(51)37-24-11-4-12-25-37)33-45(54(49)60)57-44-32-40-38-26-13-15-30-46(38)58(36-22-9-3-10-23-36)50(40)48(53(44)60)55(42)34-18-5-1-6-19-34/h1-33H. The topological polar surface area (TPSA) is 15.7 Å². The molecule has 0 saturated heterocycles. The van der Waals surface area contributed by atoms with Crippen LogP contribution in [0.4, 0.5) is 34.1 Å². The third kappa shape index (κ3) is 4.43. The van der Waals surface area contributed by atoms with E-state index in [0.29, 0.717) is 0 Å². The Morgan fingerprint density at radius 3 is 1.23 bits per heavy atom. The maximum atomic E-state index is 7.71. The Morgan fingerprint density at radius 1 is 0.393 bits per heavy atom. The monoisotopic (exact) mass is 850 g/mol. The molecule has 0 amide bonds. The van der Waals surface area contributed by atoms with Gasteiger partial charge in [0.25, 0.3) is 0 Å². The fourth-order valence-electron chi connectivity index (χ4n) is 10.6. The van der Waals surface area contributed by atoms with Gasteiger partial charge in [-0.05, 0) is 69.9 Å². The molecule has 0 bridgehead atoms. The number of fused-ring (bicyclic) bond motifs is 8. The van der Waals surface area contributed by atoms with Crippen LogP contribution in [0.3, 0.4) is 0 Å². The third-order valence-electron chi connectivity index (χ3n) is 12.9. The molecule has 5 heterocycles. The highest BCUT2D eigenvalue weighted by Crippen LogP contribution is 2.72. The Balaban J connectivity index is 1.24. The lowest BCUT2D eigenvalue weighted by atomic mass is 10.1. The van der Waals surface area contributed by atoms with Crippen LogP contribution in [0.25, 0.3) is 52.6 Å². The van der Waals surface area contributed by atoms with Crippen LogP contribution in [0.1, 0.15) is 0 Å². The van der Waals surface area contributed by atoms with E-state index in [4.69, 9.17) is 16.5 Å². The molecule has 14 rings (SSSR count). The molecule has 286 valence electrons. The van der Waals surface area contributed by atoms with Crippen molar-refractivity contribution >= 4 is 125 Å². The number of para-hydroxylation sites is 2. The summed E-state index contributed by atoms with van der Waals surface area (Å²) in [6, 6.07) is 71.1. The Hall–Kier alpha value is -6.37. The molecule has 0 radical (unpaired) electrons. The molecule has 0 aliphatic carbocycles. The average molecular weight is 851 g/mol. The highest BCUT2D eigenvalue weighted by Gasteiger charge is 2.52. The minimum atomic E-state index is -2.85.